The monoisotopic (exact) mass is 542 g/mol. The Morgan fingerprint density at radius 3 is 1.80 bits per heavy atom. The van der Waals surface area contributed by atoms with Crippen LogP contribution in [0.4, 0.5) is 0 Å². The fraction of sp³-hybridized carbons (Fsp3) is 0. The molecule has 0 saturated heterocycles. The summed E-state index contributed by atoms with van der Waals surface area (Å²) in [4.78, 5) is 0. The smallest absolute Gasteiger partial charge is 0.0362 e. The SMILES string of the molecule is c1ccc2c(-c3c4ccccc4c(-c4ccc5sc6ccc7sccc7c6c5c4)c4ccccc34)cccc2c1. The molecule has 0 N–H and O–H groups in total. The van der Waals surface area contributed by atoms with Gasteiger partial charge in [-0.1, -0.05) is 97.1 Å². The first-order chi connectivity index (χ1) is 19.8. The first kappa shape index (κ1) is 22.3. The Morgan fingerprint density at radius 1 is 0.400 bits per heavy atom. The maximum Gasteiger partial charge on any atom is 0.0362 e. The van der Waals surface area contributed by atoms with Crippen LogP contribution in [0.2, 0.25) is 0 Å². The second-order valence-corrected chi connectivity index (χ2v) is 12.5. The van der Waals surface area contributed by atoms with Crippen LogP contribution >= 0.6 is 22.7 Å². The normalized spacial score (nSPS) is 12.0. The molecule has 9 aromatic rings. The van der Waals surface area contributed by atoms with Crippen molar-refractivity contribution in [1.29, 1.82) is 0 Å². The molecule has 2 heteroatoms. The van der Waals surface area contributed by atoms with Crippen molar-refractivity contribution >= 4 is 85.2 Å². The summed E-state index contributed by atoms with van der Waals surface area (Å²) in [5, 5.41) is 14.1. The van der Waals surface area contributed by atoms with Gasteiger partial charge in [-0.3, -0.25) is 0 Å². The number of hydrogen-bond acceptors (Lipinski definition) is 2. The second-order valence-electron chi connectivity index (χ2n) is 10.5. The van der Waals surface area contributed by atoms with E-state index < -0.39 is 0 Å². The average Bonchev–Trinajstić information content (AvgIpc) is 3.63. The molecule has 0 spiro atoms. The minimum absolute atomic E-state index is 1.27. The highest BCUT2D eigenvalue weighted by Gasteiger charge is 2.19. The number of fused-ring (bicyclic) bond motifs is 8. The van der Waals surface area contributed by atoms with Crippen LogP contribution in [-0.4, -0.2) is 0 Å². The fourth-order valence-corrected chi connectivity index (χ4v) is 8.54. The van der Waals surface area contributed by atoms with Gasteiger partial charge < -0.3 is 0 Å². The van der Waals surface area contributed by atoms with Gasteiger partial charge >= 0.3 is 0 Å². The van der Waals surface area contributed by atoms with E-state index in [1.54, 1.807) is 0 Å². The molecule has 0 saturated carbocycles. The Labute approximate surface area is 239 Å². The zero-order valence-electron chi connectivity index (χ0n) is 21.5. The van der Waals surface area contributed by atoms with Gasteiger partial charge in [0.2, 0.25) is 0 Å². The van der Waals surface area contributed by atoms with E-state index in [0.29, 0.717) is 0 Å². The van der Waals surface area contributed by atoms with Crippen LogP contribution in [-0.2, 0) is 0 Å². The molecule has 0 atom stereocenters. The molecule has 0 aliphatic heterocycles. The molecule has 0 aliphatic rings. The summed E-state index contributed by atoms with van der Waals surface area (Å²) < 4.78 is 4.06. The largest absolute Gasteiger partial charge is 0.144 e. The molecular formula is C38H22S2. The van der Waals surface area contributed by atoms with E-state index in [4.69, 9.17) is 0 Å². The third kappa shape index (κ3) is 3.12. The first-order valence-corrected chi connectivity index (χ1v) is 15.3. The van der Waals surface area contributed by atoms with E-state index in [-0.39, 0.29) is 0 Å². The lowest BCUT2D eigenvalue weighted by molar-refractivity contribution is 1.69. The second kappa shape index (κ2) is 8.50. The fourth-order valence-electron chi connectivity index (χ4n) is 6.65. The van der Waals surface area contributed by atoms with Crippen molar-refractivity contribution in [3.63, 3.8) is 0 Å². The van der Waals surface area contributed by atoms with Gasteiger partial charge in [0.25, 0.3) is 0 Å². The third-order valence-electron chi connectivity index (χ3n) is 8.34. The maximum absolute atomic E-state index is 2.44. The van der Waals surface area contributed by atoms with Crippen LogP contribution in [0, 0.1) is 0 Å². The van der Waals surface area contributed by atoms with Gasteiger partial charge in [-0.15, -0.1) is 22.7 Å². The van der Waals surface area contributed by atoms with Crippen LogP contribution < -0.4 is 0 Å². The molecule has 40 heavy (non-hydrogen) atoms. The van der Waals surface area contributed by atoms with Crippen molar-refractivity contribution in [1.82, 2.24) is 0 Å². The lowest BCUT2D eigenvalue weighted by Crippen LogP contribution is -1.91. The van der Waals surface area contributed by atoms with Crippen LogP contribution in [0.1, 0.15) is 0 Å². The van der Waals surface area contributed by atoms with E-state index in [2.05, 4.69) is 133 Å². The van der Waals surface area contributed by atoms with Gasteiger partial charge in [-0.2, -0.15) is 0 Å². The van der Waals surface area contributed by atoms with Gasteiger partial charge in [0, 0.05) is 30.3 Å². The summed E-state index contributed by atoms with van der Waals surface area (Å²) in [6.45, 7) is 0. The van der Waals surface area contributed by atoms with Crippen molar-refractivity contribution in [2.45, 2.75) is 0 Å². The molecule has 2 heterocycles. The number of thiophene rings is 2. The summed E-state index contributed by atoms with van der Waals surface area (Å²) in [7, 11) is 0. The lowest BCUT2D eigenvalue weighted by Gasteiger charge is -2.19. The van der Waals surface area contributed by atoms with Crippen molar-refractivity contribution in [2.24, 2.45) is 0 Å². The molecule has 0 amide bonds. The zero-order chi connectivity index (χ0) is 26.2. The highest BCUT2D eigenvalue weighted by atomic mass is 32.1. The Morgan fingerprint density at radius 2 is 1.02 bits per heavy atom. The minimum Gasteiger partial charge on any atom is -0.144 e. The number of benzene rings is 7. The Balaban J connectivity index is 1.42. The number of rotatable bonds is 2. The summed E-state index contributed by atoms with van der Waals surface area (Å²) in [5.41, 5.74) is 5.19. The van der Waals surface area contributed by atoms with E-state index in [0.717, 1.165) is 0 Å². The molecular weight excluding hydrogens is 521 g/mol. The van der Waals surface area contributed by atoms with Crippen molar-refractivity contribution in [3.8, 4) is 22.3 Å². The molecule has 0 nitrogen and oxygen atoms in total. The van der Waals surface area contributed by atoms with Gasteiger partial charge in [0.1, 0.15) is 0 Å². The third-order valence-corrected chi connectivity index (χ3v) is 10.4. The molecule has 9 rings (SSSR count). The van der Waals surface area contributed by atoms with Crippen LogP contribution in [0.15, 0.2) is 133 Å². The van der Waals surface area contributed by atoms with Crippen molar-refractivity contribution < 1.29 is 0 Å². The summed E-state index contributed by atoms with van der Waals surface area (Å²) >= 11 is 3.72. The summed E-state index contributed by atoms with van der Waals surface area (Å²) in [6, 6.07) is 47.3. The molecule has 0 unspecified atom stereocenters. The maximum atomic E-state index is 2.44. The molecule has 0 bridgehead atoms. The van der Waals surface area contributed by atoms with E-state index in [1.807, 2.05) is 22.7 Å². The van der Waals surface area contributed by atoms with Gasteiger partial charge in [0.05, 0.1) is 0 Å². The minimum atomic E-state index is 1.27. The summed E-state index contributed by atoms with van der Waals surface area (Å²) in [6.07, 6.45) is 0. The predicted molar refractivity (Wildman–Crippen MR) is 178 cm³/mol. The highest BCUT2D eigenvalue weighted by Crippen LogP contribution is 2.47. The van der Waals surface area contributed by atoms with Crippen LogP contribution in [0.25, 0.3) is 84.8 Å². The topological polar surface area (TPSA) is 0 Å². The average molecular weight is 543 g/mol. The molecule has 186 valence electrons. The summed E-state index contributed by atoms with van der Waals surface area (Å²) in [5.74, 6) is 0. The van der Waals surface area contributed by atoms with E-state index in [9.17, 15) is 0 Å². The number of hydrogen-bond donors (Lipinski definition) is 0. The van der Waals surface area contributed by atoms with Crippen molar-refractivity contribution in [2.75, 3.05) is 0 Å². The highest BCUT2D eigenvalue weighted by molar-refractivity contribution is 7.26. The van der Waals surface area contributed by atoms with Crippen LogP contribution in [0.5, 0.6) is 0 Å². The molecule has 2 aromatic heterocycles. The Kier molecular flexibility index (Phi) is 4.74. The first-order valence-electron chi connectivity index (χ1n) is 13.6. The quantitative estimate of drug-likeness (QED) is 0.191. The molecule has 7 aromatic carbocycles. The van der Waals surface area contributed by atoms with E-state index >= 15 is 0 Å². The standard InChI is InChI=1S/C38H22S2/c1-2-10-25-23(8-1)9-7-15-26(25)37-29-13-5-3-11-27(29)36(28-12-4-6-14-30(28)37)24-16-17-34-32(22-24)38-31-20-21-39-33(31)18-19-35(38)40-34/h1-22H. The van der Waals surface area contributed by atoms with Crippen molar-refractivity contribution in [3.05, 3.63) is 133 Å². The molecule has 0 radical (unpaired) electrons. The molecule has 0 fully saturated rings. The van der Waals surface area contributed by atoms with Gasteiger partial charge in [-0.25, -0.2) is 0 Å². The Hall–Kier alpha value is -4.50. The van der Waals surface area contributed by atoms with Gasteiger partial charge in [0.15, 0.2) is 0 Å². The predicted octanol–water partition coefficient (Wildman–Crippen LogP) is 12.1. The lowest BCUT2D eigenvalue weighted by atomic mass is 9.84. The van der Waals surface area contributed by atoms with Crippen LogP contribution in [0.3, 0.4) is 0 Å². The zero-order valence-corrected chi connectivity index (χ0v) is 23.2. The Bertz CT molecular complexity index is 2370. The molecule has 0 aliphatic carbocycles. The van der Waals surface area contributed by atoms with Gasteiger partial charge in [-0.05, 0) is 90.3 Å². The van der Waals surface area contributed by atoms with E-state index in [1.165, 1.54) is 84.8 Å².